The second kappa shape index (κ2) is 16.3. The summed E-state index contributed by atoms with van der Waals surface area (Å²) in [5, 5.41) is 0. The average molecular weight is 365 g/mol. The van der Waals surface area contributed by atoms with Crippen LogP contribution >= 0.6 is 0 Å². The van der Waals surface area contributed by atoms with Gasteiger partial charge in [-0.25, -0.2) is 4.18 Å². The van der Waals surface area contributed by atoms with Gasteiger partial charge < -0.3 is 0 Å². The van der Waals surface area contributed by atoms with Crippen LogP contribution in [0.15, 0.2) is 0 Å². The topological polar surface area (TPSA) is 63.6 Å². The molecule has 0 atom stereocenters. The Morgan fingerprint density at radius 3 is 1.33 bits per heavy atom. The molecule has 0 bridgehead atoms. The fourth-order valence-electron chi connectivity index (χ4n) is 2.94. The van der Waals surface area contributed by atoms with Crippen LogP contribution < -0.4 is 0 Å². The summed E-state index contributed by atoms with van der Waals surface area (Å²) in [6.07, 6.45) is 19.1. The molecular formula is C19H40O4S. The molecule has 0 rings (SSSR count). The van der Waals surface area contributed by atoms with E-state index < -0.39 is 10.4 Å². The first-order valence-corrected chi connectivity index (χ1v) is 11.4. The molecule has 0 aliphatic rings. The van der Waals surface area contributed by atoms with Gasteiger partial charge in [-0.3, -0.25) is 4.55 Å². The van der Waals surface area contributed by atoms with Gasteiger partial charge in [-0.15, -0.1) is 0 Å². The third kappa shape index (κ3) is 21.9. The highest BCUT2D eigenvalue weighted by Crippen LogP contribution is 2.14. The van der Waals surface area contributed by atoms with Crippen molar-refractivity contribution in [3.8, 4) is 0 Å². The normalized spacial score (nSPS) is 12.2. The van der Waals surface area contributed by atoms with Gasteiger partial charge in [0.05, 0.1) is 6.61 Å². The van der Waals surface area contributed by atoms with E-state index in [9.17, 15) is 8.42 Å². The van der Waals surface area contributed by atoms with Crippen LogP contribution in [0.3, 0.4) is 0 Å². The highest BCUT2D eigenvalue weighted by Gasteiger charge is 2.02. The van der Waals surface area contributed by atoms with E-state index in [1.807, 2.05) is 0 Å². The van der Waals surface area contributed by atoms with Gasteiger partial charge >= 0.3 is 10.4 Å². The van der Waals surface area contributed by atoms with Gasteiger partial charge in [-0.1, -0.05) is 104 Å². The van der Waals surface area contributed by atoms with Gasteiger partial charge in [-0.05, 0) is 12.3 Å². The lowest BCUT2D eigenvalue weighted by atomic mass is 10.0. The SMILES string of the molecule is CC(C)CCCCCCCCCCCCCCCCOS(=O)(=O)O. The molecule has 0 radical (unpaired) electrons. The molecule has 0 saturated heterocycles. The molecule has 0 saturated carbocycles. The maximum Gasteiger partial charge on any atom is 0.397 e. The Balaban J connectivity index is 3.05. The van der Waals surface area contributed by atoms with Crippen LogP contribution in [-0.2, 0) is 14.6 Å². The summed E-state index contributed by atoms with van der Waals surface area (Å²) in [6.45, 7) is 4.70. The Labute approximate surface area is 150 Å². The van der Waals surface area contributed by atoms with Crippen molar-refractivity contribution in [2.24, 2.45) is 5.92 Å². The van der Waals surface area contributed by atoms with Crippen molar-refractivity contribution in [1.29, 1.82) is 0 Å². The van der Waals surface area contributed by atoms with E-state index in [2.05, 4.69) is 18.0 Å². The number of rotatable bonds is 18. The maximum absolute atomic E-state index is 10.3. The lowest BCUT2D eigenvalue weighted by Crippen LogP contribution is -2.04. The van der Waals surface area contributed by atoms with Crippen molar-refractivity contribution in [3.63, 3.8) is 0 Å². The summed E-state index contributed by atoms with van der Waals surface area (Å²) in [6, 6.07) is 0. The second-order valence-corrected chi connectivity index (χ2v) is 8.47. The quantitative estimate of drug-likeness (QED) is 0.228. The molecule has 0 unspecified atom stereocenters. The van der Waals surface area contributed by atoms with Crippen LogP contribution in [0.25, 0.3) is 0 Å². The average Bonchev–Trinajstić information content (AvgIpc) is 2.49. The van der Waals surface area contributed by atoms with Gasteiger partial charge in [0.15, 0.2) is 0 Å². The molecule has 146 valence electrons. The summed E-state index contributed by atoms with van der Waals surface area (Å²) in [4.78, 5) is 0. The molecule has 0 amide bonds. The summed E-state index contributed by atoms with van der Waals surface area (Å²) in [5.74, 6) is 0.856. The minimum absolute atomic E-state index is 0.0936. The lowest BCUT2D eigenvalue weighted by Gasteiger charge is -2.05. The fourth-order valence-corrected chi connectivity index (χ4v) is 3.27. The number of unbranched alkanes of at least 4 members (excludes halogenated alkanes) is 13. The zero-order chi connectivity index (χ0) is 18.1. The standard InChI is InChI=1S/C19H40O4S/c1-19(2)17-15-13-11-9-7-5-3-4-6-8-10-12-14-16-18-23-24(20,21)22/h19H,3-18H2,1-2H3,(H,20,21,22). The molecule has 0 heterocycles. The largest absolute Gasteiger partial charge is 0.397 e. The first kappa shape index (κ1) is 23.9. The molecule has 0 aliphatic heterocycles. The van der Waals surface area contributed by atoms with Crippen LogP contribution in [0.4, 0.5) is 0 Å². The molecule has 0 fully saturated rings. The zero-order valence-corrected chi connectivity index (χ0v) is 16.8. The van der Waals surface area contributed by atoms with Crippen molar-refractivity contribution >= 4 is 10.4 Å². The zero-order valence-electron chi connectivity index (χ0n) is 16.0. The third-order valence-electron chi connectivity index (χ3n) is 4.41. The molecular weight excluding hydrogens is 324 g/mol. The monoisotopic (exact) mass is 364 g/mol. The molecule has 1 N–H and O–H groups in total. The molecule has 5 heteroatoms. The highest BCUT2D eigenvalue weighted by molar-refractivity contribution is 7.80. The number of hydrogen-bond donors (Lipinski definition) is 1. The van der Waals surface area contributed by atoms with Gasteiger partial charge in [0.1, 0.15) is 0 Å². The Bertz CT molecular complexity index is 352. The van der Waals surface area contributed by atoms with E-state index in [0.717, 1.165) is 18.8 Å². The summed E-state index contributed by atoms with van der Waals surface area (Å²) < 4.78 is 33.4. The molecule has 0 aromatic heterocycles. The third-order valence-corrected chi connectivity index (χ3v) is 4.87. The predicted molar refractivity (Wildman–Crippen MR) is 102 cm³/mol. The maximum atomic E-state index is 10.3. The summed E-state index contributed by atoms with van der Waals surface area (Å²) in [7, 11) is -4.25. The molecule has 24 heavy (non-hydrogen) atoms. The minimum Gasteiger partial charge on any atom is -0.264 e. The summed E-state index contributed by atoms with van der Waals surface area (Å²) in [5.41, 5.74) is 0. The van der Waals surface area contributed by atoms with Crippen molar-refractivity contribution in [2.45, 2.75) is 110 Å². The first-order chi connectivity index (χ1) is 11.4. The first-order valence-electron chi connectivity index (χ1n) is 10.0. The van der Waals surface area contributed by atoms with E-state index in [1.54, 1.807) is 0 Å². The van der Waals surface area contributed by atoms with Crippen LogP contribution in [-0.4, -0.2) is 19.6 Å². The highest BCUT2D eigenvalue weighted by atomic mass is 32.3. The Morgan fingerprint density at radius 2 is 1.00 bits per heavy atom. The molecule has 0 aromatic carbocycles. The van der Waals surface area contributed by atoms with Gasteiger partial charge in [0, 0.05) is 0 Å². The van der Waals surface area contributed by atoms with Crippen molar-refractivity contribution in [3.05, 3.63) is 0 Å². The smallest absolute Gasteiger partial charge is 0.264 e. The van der Waals surface area contributed by atoms with E-state index in [-0.39, 0.29) is 6.61 Å². The van der Waals surface area contributed by atoms with Crippen molar-refractivity contribution in [1.82, 2.24) is 0 Å². The van der Waals surface area contributed by atoms with Crippen molar-refractivity contribution < 1.29 is 17.2 Å². The molecule has 0 spiro atoms. The lowest BCUT2D eigenvalue weighted by molar-refractivity contribution is 0.261. The fraction of sp³-hybridized carbons (Fsp3) is 1.00. The predicted octanol–water partition coefficient (Wildman–Crippen LogP) is 6.31. The second-order valence-electron chi connectivity index (χ2n) is 7.38. The van der Waals surface area contributed by atoms with Crippen LogP contribution in [0.1, 0.15) is 110 Å². The van der Waals surface area contributed by atoms with Crippen molar-refractivity contribution in [2.75, 3.05) is 6.61 Å². The van der Waals surface area contributed by atoms with Crippen LogP contribution in [0, 0.1) is 5.92 Å². The molecule has 4 nitrogen and oxygen atoms in total. The molecule has 0 aliphatic carbocycles. The van der Waals surface area contributed by atoms with Crippen LogP contribution in [0.2, 0.25) is 0 Å². The van der Waals surface area contributed by atoms with Gasteiger partial charge in [-0.2, -0.15) is 8.42 Å². The van der Waals surface area contributed by atoms with E-state index in [0.29, 0.717) is 6.42 Å². The van der Waals surface area contributed by atoms with Gasteiger partial charge in [0.25, 0.3) is 0 Å². The van der Waals surface area contributed by atoms with E-state index in [1.165, 1.54) is 77.0 Å². The Kier molecular flexibility index (Phi) is 16.3. The van der Waals surface area contributed by atoms with Gasteiger partial charge in [0.2, 0.25) is 0 Å². The van der Waals surface area contributed by atoms with Crippen LogP contribution in [0.5, 0.6) is 0 Å². The summed E-state index contributed by atoms with van der Waals surface area (Å²) >= 11 is 0. The Hall–Kier alpha value is -0.130. The Morgan fingerprint density at radius 1 is 0.667 bits per heavy atom. The van der Waals surface area contributed by atoms with E-state index in [4.69, 9.17) is 4.55 Å². The van der Waals surface area contributed by atoms with E-state index >= 15 is 0 Å². The number of hydrogen-bond acceptors (Lipinski definition) is 3. The molecule has 0 aromatic rings. The minimum atomic E-state index is -4.25.